The van der Waals surface area contributed by atoms with Crippen LogP contribution in [0.4, 0.5) is 5.82 Å². The van der Waals surface area contributed by atoms with Crippen LogP contribution in [0.3, 0.4) is 0 Å². The molecule has 3 rings (SSSR count). The maximum atomic E-state index is 4.80. The van der Waals surface area contributed by atoms with Crippen LogP contribution in [-0.2, 0) is 6.54 Å². The topological polar surface area (TPSA) is 28.2 Å². The van der Waals surface area contributed by atoms with E-state index in [0.717, 1.165) is 25.6 Å². The number of rotatable bonds is 4. The zero-order chi connectivity index (χ0) is 14.7. The van der Waals surface area contributed by atoms with Gasteiger partial charge in [-0.05, 0) is 36.8 Å². The summed E-state index contributed by atoms with van der Waals surface area (Å²) >= 11 is 0. The maximum Gasteiger partial charge on any atom is 0.136 e. The Bertz CT molecular complexity index is 608. The fraction of sp³-hybridized carbons (Fsp3) is 0.500. The first-order chi connectivity index (χ1) is 10.3. The van der Waals surface area contributed by atoms with Gasteiger partial charge in [-0.15, -0.1) is 0 Å². The number of piperidine rings is 1. The van der Waals surface area contributed by atoms with Gasteiger partial charge >= 0.3 is 0 Å². The summed E-state index contributed by atoms with van der Waals surface area (Å²) in [5, 5.41) is 5.86. The summed E-state index contributed by atoms with van der Waals surface area (Å²) in [6.45, 7) is 5.46. The molecule has 3 nitrogen and oxygen atoms in total. The van der Waals surface area contributed by atoms with Gasteiger partial charge in [0.1, 0.15) is 5.82 Å². The molecule has 1 aliphatic rings. The summed E-state index contributed by atoms with van der Waals surface area (Å²) in [4.78, 5) is 7.29. The number of anilines is 1. The van der Waals surface area contributed by atoms with Crippen LogP contribution in [0.1, 0.15) is 31.7 Å². The molecule has 0 bridgehead atoms. The van der Waals surface area contributed by atoms with Crippen LogP contribution in [0.25, 0.3) is 10.8 Å². The van der Waals surface area contributed by atoms with E-state index in [1.807, 2.05) is 13.2 Å². The first-order valence-corrected chi connectivity index (χ1v) is 8.09. The number of hydrogen-bond acceptors (Lipinski definition) is 3. The summed E-state index contributed by atoms with van der Waals surface area (Å²) < 4.78 is 0. The molecule has 2 aromatic rings. The van der Waals surface area contributed by atoms with E-state index in [-0.39, 0.29) is 0 Å². The first kappa shape index (κ1) is 14.3. The molecular formula is C18H25N3. The smallest absolute Gasteiger partial charge is 0.136 e. The molecule has 1 aromatic carbocycles. The van der Waals surface area contributed by atoms with E-state index in [1.165, 1.54) is 41.4 Å². The Labute approximate surface area is 127 Å². The third-order valence-corrected chi connectivity index (χ3v) is 4.62. The third kappa shape index (κ3) is 2.88. The van der Waals surface area contributed by atoms with Crippen molar-refractivity contribution in [3.8, 4) is 0 Å². The van der Waals surface area contributed by atoms with Crippen LogP contribution in [0, 0.1) is 5.92 Å². The summed E-state index contributed by atoms with van der Waals surface area (Å²) in [5.41, 5.74) is 1.28. The average Bonchev–Trinajstić information content (AvgIpc) is 2.55. The average molecular weight is 283 g/mol. The van der Waals surface area contributed by atoms with Crippen LogP contribution in [0.15, 0.2) is 30.5 Å². The van der Waals surface area contributed by atoms with Gasteiger partial charge in [-0.2, -0.15) is 0 Å². The van der Waals surface area contributed by atoms with Gasteiger partial charge in [0.2, 0.25) is 0 Å². The molecule has 1 aliphatic heterocycles. The molecule has 21 heavy (non-hydrogen) atoms. The SMILES string of the molecule is CCC1CCCN(c2ncc(CNC)c3ccccc23)C1. The highest BCUT2D eigenvalue weighted by Crippen LogP contribution is 2.30. The van der Waals surface area contributed by atoms with Crippen LogP contribution in [-0.4, -0.2) is 25.1 Å². The summed E-state index contributed by atoms with van der Waals surface area (Å²) in [6.07, 6.45) is 5.96. The van der Waals surface area contributed by atoms with Crippen LogP contribution in [0.5, 0.6) is 0 Å². The molecule has 1 fully saturated rings. The van der Waals surface area contributed by atoms with Crippen LogP contribution < -0.4 is 10.2 Å². The molecule has 0 spiro atoms. The van der Waals surface area contributed by atoms with Gasteiger partial charge in [-0.1, -0.05) is 37.6 Å². The Morgan fingerprint density at radius 2 is 2.10 bits per heavy atom. The Morgan fingerprint density at radius 3 is 2.86 bits per heavy atom. The molecular weight excluding hydrogens is 258 g/mol. The summed E-state index contributed by atoms with van der Waals surface area (Å²) in [6, 6.07) is 8.68. The van der Waals surface area contributed by atoms with Gasteiger partial charge < -0.3 is 10.2 Å². The zero-order valence-electron chi connectivity index (χ0n) is 13.1. The van der Waals surface area contributed by atoms with Crippen molar-refractivity contribution in [2.45, 2.75) is 32.7 Å². The number of hydrogen-bond donors (Lipinski definition) is 1. The molecule has 0 aliphatic carbocycles. The van der Waals surface area contributed by atoms with Crippen molar-refractivity contribution in [2.24, 2.45) is 5.92 Å². The van der Waals surface area contributed by atoms with Crippen molar-refractivity contribution in [1.29, 1.82) is 0 Å². The Balaban J connectivity index is 2.01. The molecule has 0 radical (unpaired) electrons. The number of aromatic nitrogens is 1. The van der Waals surface area contributed by atoms with Crippen molar-refractivity contribution in [3.05, 3.63) is 36.0 Å². The van der Waals surface area contributed by atoms with Crippen molar-refractivity contribution < 1.29 is 0 Å². The van der Waals surface area contributed by atoms with Crippen LogP contribution >= 0.6 is 0 Å². The highest BCUT2D eigenvalue weighted by molar-refractivity contribution is 5.94. The quantitative estimate of drug-likeness (QED) is 0.929. The lowest BCUT2D eigenvalue weighted by Crippen LogP contribution is -2.35. The lowest BCUT2D eigenvalue weighted by molar-refractivity contribution is 0.403. The molecule has 1 unspecified atom stereocenters. The van der Waals surface area contributed by atoms with Gasteiger partial charge in [-0.25, -0.2) is 4.98 Å². The number of nitrogens with one attached hydrogen (secondary N) is 1. The third-order valence-electron chi connectivity index (χ3n) is 4.62. The van der Waals surface area contributed by atoms with Crippen molar-refractivity contribution in [2.75, 3.05) is 25.0 Å². The largest absolute Gasteiger partial charge is 0.356 e. The van der Waals surface area contributed by atoms with Gasteiger partial charge in [0.25, 0.3) is 0 Å². The number of fused-ring (bicyclic) bond motifs is 1. The van der Waals surface area contributed by atoms with Crippen LogP contribution in [0.2, 0.25) is 0 Å². The summed E-state index contributed by atoms with van der Waals surface area (Å²) in [7, 11) is 1.99. The maximum absolute atomic E-state index is 4.80. The molecule has 0 saturated carbocycles. The molecule has 1 saturated heterocycles. The molecule has 2 heterocycles. The van der Waals surface area contributed by atoms with E-state index in [9.17, 15) is 0 Å². The van der Waals surface area contributed by atoms with E-state index in [4.69, 9.17) is 4.98 Å². The fourth-order valence-corrected chi connectivity index (χ4v) is 3.41. The highest BCUT2D eigenvalue weighted by Gasteiger charge is 2.21. The second-order valence-electron chi connectivity index (χ2n) is 6.05. The summed E-state index contributed by atoms with van der Waals surface area (Å²) in [5.74, 6) is 1.99. The Kier molecular flexibility index (Phi) is 4.39. The van der Waals surface area contributed by atoms with Gasteiger partial charge in [0, 0.05) is 31.2 Å². The van der Waals surface area contributed by atoms with E-state index in [2.05, 4.69) is 41.4 Å². The Hall–Kier alpha value is -1.61. The van der Waals surface area contributed by atoms with E-state index in [0.29, 0.717) is 0 Å². The molecule has 3 heteroatoms. The minimum atomic E-state index is 0.816. The zero-order valence-corrected chi connectivity index (χ0v) is 13.1. The van der Waals surface area contributed by atoms with Gasteiger partial charge in [-0.3, -0.25) is 0 Å². The van der Waals surface area contributed by atoms with Gasteiger partial charge in [0.15, 0.2) is 0 Å². The lowest BCUT2D eigenvalue weighted by Gasteiger charge is -2.34. The van der Waals surface area contributed by atoms with E-state index >= 15 is 0 Å². The predicted octanol–water partition coefficient (Wildman–Crippen LogP) is 3.58. The second kappa shape index (κ2) is 6.44. The van der Waals surface area contributed by atoms with Gasteiger partial charge in [0.05, 0.1) is 0 Å². The molecule has 112 valence electrons. The minimum absolute atomic E-state index is 0.816. The van der Waals surface area contributed by atoms with E-state index in [1.54, 1.807) is 0 Å². The highest BCUT2D eigenvalue weighted by atomic mass is 15.2. The fourth-order valence-electron chi connectivity index (χ4n) is 3.41. The molecule has 1 atom stereocenters. The first-order valence-electron chi connectivity index (χ1n) is 8.09. The second-order valence-corrected chi connectivity index (χ2v) is 6.05. The molecule has 1 N–H and O–H groups in total. The Morgan fingerprint density at radius 1 is 1.29 bits per heavy atom. The molecule has 1 aromatic heterocycles. The number of pyridine rings is 1. The number of benzene rings is 1. The van der Waals surface area contributed by atoms with Crippen molar-refractivity contribution in [3.63, 3.8) is 0 Å². The molecule has 0 amide bonds. The predicted molar refractivity (Wildman–Crippen MR) is 89.7 cm³/mol. The van der Waals surface area contributed by atoms with Crippen molar-refractivity contribution in [1.82, 2.24) is 10.3 Å². The normalized spacial score (nSPS) is 19.1. The minimum Gasteiger partial charge on any atom is -0.356 e. The van der Waals surface area contributed by atoms with Crippen molar-refractivity contribution >= 4 is 16.6 Å². The number of nitrogens with zero attached hydrogens (tertiary/aromatic N) is 2. The van der Waals surface area contributed by atoms with E-state index < -0.39 is 0 Å². The standard InChI is InChI=1S/C18H25N3/c1-3-14-7-6-10-21(13-14)18-17-9-5-4-8-16(17)15(11-19-2)12-20-18/h4-5,8-9,12,14,19H,3,6-7,10-11,13H2,1-2H3. The lowest BCUT2D eigenvalue weighted by atomic mass is 9.95. The monoisotopic (exact) mass is 283 g/mol.